The van der Waals surface area contributed by atoms with Crippen LogP contribution in [-0.2, 0) is 6.42 Å². The van der Waals surface area contributed by atoms with Crippen molar-refractivity contribution in [3.63, 3.8) is 0 Å². The SMILES string of the molecule is CC1CCC(C)CC1.CCc1ccc(C)cc1.Cc1nc(N(C)C)c2ccccc2n1. The largest absolute Gasteiger partial charge is 0.362 e. The Morgan fingerprint density at radius 1 is 0.806 bits per heavy atom. The molecule has 1 heterocycles. The zero-order chi connectivity index (χ0) is 22.8. The zero-order valence-corrected chi connectivity index (χ0v) is 20.7. The van der Waals surface area contributed by atoms with Crippen LogP contribution < -0.4 is 4.90 Å². The Morgan fingerprint density at radius 2 is 1.35 bits per heavy atom. The molecule has 31 heavy (non-hydrogen) atoms. The molecule has 1 aliphatic carbocycles. The van der Waals surface area contributed by atoms with Gasteiger partial charge in [-0.15, -0.1) is 0 Å². The maximum absolute atomic E-state index is 4.42. The van der Waals surface area contributed by atoms with E-state index in [-0.39, 0.29) is 0 Å². The molecule has 1 aromatic heterocycles. The van der Waals surface area contributed by atoms with Crippen molar-refractivity contribution in [1.29, 1.82) is 0 Å². The van der Waals surface area contributed by atoms with Gasteiger partial charge in [0.2, 0.25) is 0 Å². The second-order valence-corrected chi connectivity index (χ2v) is 9.21. The van der Waals surface area contributed by atoms with Gasteiger partial charge in [0.25, 0.3) is 0 Å². The van der Waals surface area contributed by atoms with E-state index < -0.39 is 0 Å². The normalized spacial score (nSPS) is 17.8. The number of nitrogens with zero attached hydrogens (tertiary/aromatic N) is 3. The van der Waals surface area contributed by atoms with Crippen LogP contribution in [0.4, 0.5) is 5.82 Å². The van der Waals surface area contributed by atoms with Crippen LogP contribution in [0, 0.1) is 25.7 Å². The first-order chi connectivity index (χ1) is 14.8. The van der Waals surface area contributed by atoms with Gasteiger partial charge in [0.15, 0.2) is 0 Å². The summed E-state index contributed by atoms with van der Waals surface area (Å²) in [4.78, 5) is 10.8. The van der Waals surface area contributed by atoms with Gasteiger partial charge in [-0.3, -0.25) is 0 Å². The smallest absolute Gasteiger partial charge is 0.139 e. The van der Waals surface area contributed by atoms with Crippen LogP contribution in [0.5, 0.6) is 0 Å². The average molecular weight is 420 g/mol. The lowest BCUT2D eigenvalue weighted by Crippen LogP contribution is -2.12. The summed E-state index contributed by atoms with van der Waals surface area (Å²) in [7, 11) is 3.99. The van der Waals surface area contributed by atoms with E-state index in [9.17, 15) is 0 Å². The maximum atomic E-state index is 4.42. The number of anilines is 1. The molecular formula is C28H41N3. The first-order valence-electron chi connectivity index (χ1n) is 11.8. The number of fused-ring (bicyclic) bond motifs is 1. The summed E-state index contributed by atoms with van der Waals surface area (Å²) in [5.41, 5.74) is 3.76. The first kappa shape index (κ1) is 24.8. The second-order valence-electron chi connectivity index (χ2n) is 9.21. The summed E-state index contributed by atoms with van der Waals surface area (Å²) >= 11 is 0. The molecule has 2 aromatic carbocycles. The summed E-state index contributed by atoms with van der Waals surface area (Å²) in [5.74, 6) is 3.83. The Labute approximate surface area is 189 Å². The minimum absolute atomic E-state index is 0.812. The Bertz CT molecular complexity index is 897. The molecule has 0 unspecified atom stereocenters. The van der Waals surface area contributed by atoms with Gasteiger partial charge in [0, 0.05) is 19.5 Å². The summed E-state index contributed by atoms with van der Waals surface area (Å²) in [5, 5.41) is 1.10. The van der Waals surface area contributed by atoms with E-state index in [1.807, 2.05) is 50.2 Å². The first-order valence-corrected chi connectivity index (χ1v) is 11.8. The highest BCUT2D eigenvalue weighted by Crippen LogP contribution is 2.27. The van der Waals surface area contributed by atoms with Gasteiger partial charge in [-0.2, -0.15) is 0 Å². The Morgan fingerprint density at radius 3 is 1.87 bits per heavy atom. The molecule has 1 aliphatic rings. The van der Waals surface area contributed by atoms with Crippen molar-refractivity contribution < 1.29 is 0 Å². The molecule has 3 aromatic rings. The number of hydrogen-bond donors (Lipinski definition) is 0. The second kappa shape index (κ2) is 12.4. The molecule has 0 aliphatic heterocycles. The van der Waals surface area contributed by atoms with Crippen molar-refractivity contribution in [1.82, 2.24) is 9.97 Å². The highest BCUT2D eigenvalue weighted by Gasteiger charge is 2.13. The highest BCUT2D eigenvalue weighted by atomic mass is 15.1. The van der Waals surface area contributed by atoms with Crippen molar-refractivity contribution in [3.05, 3.63) is 65.5 Å². The van der Waals surface area contributed by atoms with Gasteiger partial charge in [-0.1, -0.05) is 88.4 Å². The molecule has 0 bridgehead atoms. The lowest BCUT2D eigenvalue weighted by Gasteiger charge is -2.22. The molecule has 1 saturated carbocycles. The van der Waals surface area contributed by atoms with Crippen LogP contribution in [0.2, 0.25) is 0 Å². The standard InChI is InChI=1S/C11H13N3.C9H12.C8H16/c1-8-12-10-7-5-4-6-9(10)11(13-8)14(2)3;1-3-9-6-4-8(2)5-7-9;1-7-3-5-8(2)6-4-7/h4-7H,1-3H3;4-7H,3H2,1-2H3;7-8H,3-6H2,1-2H3. The third kappa shape index (κ3) is 8.32. The van der Waals surface area contributed by atoms with Gasteiger partial charge in [0.1, 0.15) is 11.6 Å². The van der Waals surface area contributed by atoms with E-state index in [1.165, 1.54) is 36.8 Å². The lowest BCUT2D eigenvalue weighted by atomic mass is 9.84. The number of hydrogen-bond acceptors (Lipinski definition) is 3. The monoisotopic (exact) mass is 419 g/mol. The zero-order valence-electron chi connectivity index (χ0n) is 20.7. The van der Waals surface area contributed by atoms with Crippen LogP contribution in [0.1, 0.15) is 63.4 Å². The molecular weight excluding hydrogens is 378 g/mol. The van der Waals surface area contributed by atoms with E-state index in [1.54, 1.807) is 0 Å². The topological polar surface area (TPSA) is 29.0 Å². The van der Waals surface area contributed by atoms with Crippen LogP contribution in [-0.4, -0.2) is 24.1 Å². The van der Waals surface area contributed by atoms with Gasteiger partial charge in [-0.25, -0.2) is 9.97 Å². The van der Waals surface area contributed by atoms with Crippen LogP contribution in [0.25, 0.3) is 10.9 Å². The quantitative estimate of drug-likeness (QED) is 0.433. The lowest BCUT2D eigenvalue weighted by molar-refractivity contribution is 0.308. The van der Waals surface area contributed by atoms with Gasteiger partial charge < -0.3 is 4.90 Å². The molecule has 4 rings (SSSR count). The summed E-state index contributed by atoms with van der Waals surface area (Å²) in [6.45, 7) is 10.9. The Hall–Kier alpha value is -2.42. The molecule has 0 saturated heterocycles. The van der Waals surface area contributed by atoms with Crippen LogP contribution in [0.15, 0.2) is 48.5 Å². The number of rotatable bonds is 2. The van der Waals surface area contributed by atoms with Crippen molar-refractivity contribution in [2.24, 2.45) is 11.8 Å². The molecule has 0 amide bonds. The third-order valence-electron chi connectivity index (χ3n) is 5.95. The number of para-hydroxylation sites is 1. The molecule has 1 fully saturated rings. The van der Waals surface area contributed by atoms with Crippen LogP contribution >= 0.6 is 0 Å². The van der Waals surface area contributed by atoms with Gasteiger partial charge in [-0.05, 0) is 49.8 Å². The number of benzene rings is 2. The Kier molecular flexibility index (Phi) is 9.97. The van der Waals surface area contributed by atoms with Crippen molar-refractivity contribution >= 4 is 16.7 Å². The summed E-state index contributed by atoms with van der Waals surface area (Å²) < 4.78 is 0. The summed E-state index contributed by atoms with van der Waals surface area (Å²) in [6, 6.07) is 16.7. The fraction of sp³-hybridized carbons (Fsp3) is 0.500. The molecule has 3 heteroatoms. The maximum Gasteiger partial charge on any atom is 0.139 e. The molecule has 0 N–H and O–H groups in total. The number of aryl methyl sites for hydroxylation is 3. The van der Waals surface area contributed by atoms with Crippen molar-refractivity contribution in [2.75, 3.05) is 19.0 Å². The summed E-state index contributed by atoms with van der Waals surface area (Å²) in [6.07, 6.45) is 7.03. The minimum Gasteiger partial charge on any atom is -0.362 e. The van der Waals surface area contributed by atoms with E-state index in [4.69, 9.17) is 0 Å². The molecule has 0 radical (unpaired) electrons. The highest BCUT2D eigenvalue weighted by molar-refractivity contribution is 5.89. The average Bonchev–Trinajstić information content (AvgIpc) is 2.76. The van der Waals surface area contributed by atoms with Crippen LogP contribution in [0.3, 0.4) is 0 Å². The van der Waals surface area contributed by atoms with Gasteiger partial charge in [0.05, 0.1) is 5.52 Å². The van der Waals surface area contributed by atoms with Crippen molar-refractivity contribution in [3.8, 4) is 0 Å². The molecule has 0 spiro atoms. The van der Waals surface area contributed by atoms with Crippen molar-refractivity contribution in [2.45, 2.75) is 66.7 Å². The van der Waals surface area contributed by atoms with E-state index in [0.717, 1.165) is 40.8 Å². The van der Waals surface area contributed by atoms with E-state index in [0.29, 0.717) is 0 Å². The molecule has 3 nitrogen and oxygen atoms in total. The van der Waals surface area contributed by atoms with Gasteiger partial charge >= 0.3 is 0 Å². The van der Waals surface area contributed by atoms with E-state index >= 15 is 0 Å². The van der Waals surface area contributed by atoms with E-state index in [2.05, 4.69) is 61.9 Å². The minimum atomic E-state index is 0.812. The Balaban J connectivity index is 0.000000175. The third-order valence-corrected chi connectivity index (χ3v) is 5.95. The number of aromatic nitrogens is 2. The fourth-order valence-corrected chi connectivity index (χ4v) is 3.76. The predicted molar refractivity (Wildman–Crippen MR) is 136 cm³/mol. The predicted octanol–water partition coefficient (Wildman–Crippen LogP) is 7.39. The fourth-order valence-electron chi connectivity index (χ4n) is 3.76. The molecule has 0 atom stereocenters. The molecule has 168 valence electrons.